The minimum absolute atomic E-state index is 0.742. The molecule has 1 nitrogen and oxygen atoms in total. The lowest BCUT2D eigenvalue weighted by Gasteiger charge is -2.10. The van der Waals surface area contributed by atoms with Crippen LogP contribution in [0.25, 0.3) is 5.57 Å². The molecule has 0 bridgehead atoms. The van der Waals surface area contributed by atoms with Gasteiger partial charge < -0.3 is 5.11 Å². The molecule has 0 spiro atoms. The van der Waals surface area contributed by atoms with E-state index in [4.69, 9.17) is 0 Å². The zero-order valence-electron chi connectivity index (χ0n) is 9.75. The van der Waals surface area contributed by atoms with Gasteiger partial charge in [-0.2, -0.15) is 0 Å². The van der Waals surface area contributed by atoms with Crippen LogP contribution < -0.4 is 0 Å². The second-order valence-electron chi connectivity index (χ2n) is 3.82. The van der Waals surface area contributed by atoms with Gasteiger partial charge in [0.2, 0.25) is 0 Å². The largest absolute Gasteiger partial charge is 0.376 e. The molecule has 1 atom stereocenters. The van der Waals surface area contributed by atoms with Crippen molar-refractivity contribution >= 4 is 5.57 Å². The number of hydrogen-bond donors (Lipinski definition) is 1. The summed E-state index contributed by atoms with van der Waals surface area (Å²) in [5.74, 6) is 5.54. The molecule has 16 heavy (non-hydrogen) atoms. The minimum Gasteiger partial charge on any atom is -0.376 e. The zero-order valence-corrected chi connectivity index (χ0v) is 9.75. The fourth-order valence-electron chi connectivity index (χ4n) is 1.39. The highest BCUT2D eigenvalue weighted by Gasteiger charge is 2.09. The molecule has 1 heteroatoms. The molecule has 0 radical (unpaired) electrons. The highest BCUT2D eigenvalue weighted by atomic mass is 16.3. The molecule has 1 aromatic rings. The number of benzene rings is 1. The summed E-state index contributed by atoms with van der Waals surface area (Å²) in [4.78, 5) is 0. The first-order valence-corrected chi connectivity index (χ1v) is 5.12. The highest BCUT2D eigenvalue weighted by Crippen LogP contribution is 2.22. The van der Waals surface area contributed by atoms with E-state index in [0.717, 1.165) is 22.3 Å². The van der Waals surface area contributed by atoms with E-state index in [1.165, 1.54) is 0 Å². The fraction of sp³-hybridized carbons (Fsp3) is 0.200. The van der Waals surface area contributed by atoms with Crippen LogP contribution >= 0.6 is 0 Å². The maximum absolute atomic E-state index is 9.94. The molecule has 1 unspecified atom stereocenters. The standard InChI is InChI=1S/C15H16O/c1-11(2)9-10-15(16)14-8-6-5-7-13(14)12(3)4/h5-8,15-16H,1,3H2,2,4H3. The topological polar surface area (TPSA) is 20.2 Å². The van der Waals surface area contributed by atoms with E-state index in [1.54, 1.807) is 0 Å². The van der Waals surface area contributed by atoms with E-state index in [9.17, 15) is 5.11 Å². The average Bonchev–Trinajstić information content (AvgIpc) is 2.25. The van der Waals surface area contributed by atoms with Crippen molar-refractivity contribution in [3.8, 4) is 11.8 Å². The predicted molar refractivity (Wildman–Crippen MR) is 68.7 cm³/mol. The van der Waals surface area contributed by atoms with Gasteiger partial charge in [0.25, 0.3) is 0 Å². The van der Waals surface area contributed by atoms with Gasteiger partial charge in [0, 0.05) is 5.56 Å². The van der Waals surface area contributed by atoms with Crippen LogP contribution in [0.15, 0.2) is 43.0 Å². The maximum Gasteiger partial charge on any atom is 0.141 e. The second kappa shape index (κ2) is 5.34. The number of hydrogen-bond acceptors (Lipinski definition) is 1. The Morgan fingerprint density at radius 3 is 2.44 bits per heavy atom. The maximum atomic E-state index is 9.94. The summed E-state index contributed by atoms with van der Waals surface area (Å²) in [6.07, 6.45) is -0.787. The molecule has 1 N–H and O–H groups in total. The van der Waals surface area contributed by atoms with E-state index in [-0.39, 0.29) is 0 Å². The third-order valence-electron chi connectivity index (χ3n) is 2.14. The van der Waals surface area contributed by atoms with Crippen molar-refractivity contribution in [2.24, 2.45) is 0 Å². The predicted octanol–water partition coefficient (Wildman–Crippen LogP) is 3.33. The quantitative estimate of drug-likeness (QED) is 0.745. The molecule has 0 aliphatic rings. The molecular formula is C15H16O. The highest BCUT2D eigenvalue weighted by molar-refractivity contribution is 5.65. The van der Waals surface area contributed by atoms with Gasteiger partial charge in [-0.1, -0.05) is 54.8 Å². The molecule has 1 aromatic carbocycles. The summed E-state index contributed by atoms with van der Waals surface area (Å²) in [7, 11) is 0. The van der Waals surface area contributed by atoms with Crippen molar-refractivity contribution in [3.63, 3.8) is 0 Å². The molecule has 0 aromatic heterocycles. The molecule has 0 saturated carbocycles. The van der Waals surface area contributed by atoms with Gasteiger partial charge in [0.05, 0.1) is 0 Å². The van der Waals surface area contributed by atoms with Crippen LogP contribution in [-0.4, -0.2) is 5.11 Å². The van der Waals surface area contributed by atoms with Crippen molar-refractivity contribution in [1.29, 1.82) is 0 Å². The molecule has 0 saturated heterocycles. The smallest absolute Gasteiger partial charge is 0.141 e. The Hall–Kier alpha value is -1.78. The van der Waals surface area contributed by atoms with Gasteiger partial charge in [0.1, 0.15) is 6.10 Å². The Balaban J connectivity index is 3.10. The Bertz CT molecular complexity index is 472. The van der Waals surface area contributed by atoms with Crippen molar-refractivity contribution in [2.75, 3.05) is 0 Å². The Morgan fingerprint density at radius 1 is 1.25 bits per heavy atom. The normalized spacial score (nSPS) is 11.2. The summed E-state index contributed by atoms with van der Waals surface area (Å²) in [5.41, 5.74) is 3.41. The monoisotopic (exact) mass is 212 g/mol. The third-order valence-corrected chi connectivity index (χ3v) is 2.14. The molecule has 0 heterocycles. The first-order valence-electron chi connectivity index (χ1n) is 5.12. The van der Waals surface area contributed by atoms with Crippen molar-refractivity contribution in [2.45, 2.75) is 20.0 Å². The first kappa shape index (κ1) is 12.3. The van der Waals surface area contributed by atoms with E-state index < -0.39 is 6.10 Å². The van der Waals surface area contributed by atoms with Gasteiger partial charge in [-0.15, -0.1) is 0 Å². The lowest BCUT2D eigenvalue weighted by Crippen LogP contribution is -1.98. The van der Waals surface area contributed by atoms with Crippen LogP contribution in [0.4, 0.5) is 0 Å². The number of rotatable bonds is 2. The number of allylic oxidation sites excluding steroid dienone is 2. The molecule has 0 fully saturated rings. The van der Waals surface area contributed by atoms with Crippen LogP contribution in [0.3, 0.4) is 0 Å². The lowest BCUT2D eigenvalue weighted by molar-refractivity contribution is 0.238. The molecule has 0 amide bonds. The van der Waals surface area contributed by atoms with Gasteiger partial charge in [0.15, 0.2) is 0 Å². The fourth-order valence-corrected chi connectivity index (χ4v) is 1.39. The van der Waals surface area contributed by atoms with Crippen LogP contribution in [0, 0.1) is 11.8 Å². The van der Waals surface area contributed by atoms with Crippen LogP contribution in [0.5, 0.6) is 0 Å². The summed E-state index contributed by atoms with van der Waals surface area (Å²) >= 11 is 0. The van der Waals surface area contributed by atoms with Gasteiger partial charge >= 0.3 is 0 Å². The Labute approximate surface area is 97.1 Å². The lowest BCUT2D eigenvalue weighted by atomic mass is 9.98. The average molecular weight is 212 g/mol. The van der Waals surface area contributed by atoms with Crippen LogP contribution in [0.2, 0.25) is 0 Å². The summed E-state index contributed by atoms with van der Waals surface area (Å²) < 4.78 is 0. The van der Waals surface area contributed by atoms with Gasteiger partial charge in [-0.25, -0.2) is 0 Å². The molecule has 1 rings (SSSR count). The Morgan fingerprint density at radius 2 is 1.88 bits per heavy atom. The molecular weight excluding hydrogens is 196 g/mol. The number of aliphatic hydroxyl groups excluding tert-OH is 1. The SMILES string of the molecule is C=C(C)C#CC(O)c1ccccc1C(=C)C. The van der Waals surface area contributed by atoms with E-state index >= 15 is 0 Å². The van der Waals surface area contributed by atoms with E-state index in [1.807, 2.05) is 38.1 Å². The molecule has 0 aliphatic heterocycles. The molecule has 0 aliphatic carbocycles. The van der Waals surface area contributed by atoms with Gasteiger partial charge in [-0.3, -0.25) is 0 Å². The summed E-state index contributed by atoms with van der Waals surface area (Å²) in [5, 5.41) is 9.94. The van der Waals surface area contributed by atoms with E-state index in [0.29, 0.717) is 0 Å². The molecule has 82 valence electrons. The van der Waals surface area contributed by atoms with Crippen LogP contribution in [0.1, 0.15) is 31.1 Å². The van der Waals surface area contributed by atoms with Crippen molar-refractivity contribution in [3.05, 3.63) is 54.1 Å². The van der Waals surface area contributed by atoms with Crippen molar-refractivity contribution < 1.29 is 5.11 Å². The second-order valence-corrected chi connectivity index (χ2v) is 3.82. The zero-order chi connectivity index (χ0) is 12.1. The minimum atomic E-state index is -0.787. The van der Waals surface area contributed by atoms with Crippen molar-refractivity contribution in [1.82, 2.24) is 0 Å². The Kier molecular flexibility index (Phi) is 4.10. The van der Waals surface area contributed by atoms with Crippen LogP contribution in [-0.2, 0) is 0 Å². The number of aliphatic hydroxyl groups is 1. The van der Waals surface area contributed by atoms with E-state index in [2.05, 4.69) is 25.0 Å². The third kappa shape index (κ3) is 3.12. The van der Waals surface area contributed by atoms with Gasteiger partial charge in [-0.05, 0) is 25.0 Å². The summed E-state index contributed by atoms with van der Waals surface area (Å²) in [6, 6.07) is 7.60. The summed E-state index contributed by atoms with van der Waals surface area (Å²) in [6.45, 7) is 11.3. The first-order chi connectivity index (χ1) is 7.52.